The molecule has 2 rings (SSSR count). The monoisotopic (exact) mass is 238 g/mol. The molecule has 0 saturated carbocycles. The van der Waals surface area contributed by atoms with Gasteiger partial charge in [-0.05, 0) is 25.8 Å². The van der Waals surface area contributed by atoms with Crippen LogP contribution in [0.4, 0.5) is 15.8 Å². The number of carbonyl (C=O) groups is 1. The number of anilines is 2. The number of carboxylic acid groups (broad SMARTS) is 1. The normalized spacial score (nSPS) is 19.6. The second-order valence-electron chi connectivity index (χ2n) is 4.38. The van der Waals surface area contributed by atoms with Crippen molar-refractivity contribution in [3.63, 3.8) is 0 Å². The van der Waals surface area contributed by atoms with E-state index in [0.717, 1.165) is 19.4 Å². The quantitative estimate of drug-likeness (QED) is 0.774. The molecular weight excluding hydrogens is 223 g/mol. The summed E-state index contributed by atoms with van der Waals surface area (Å²) in [6.07, 6.45) is 2.09. The average Bonchev–Trinajstić information content (AvgIpc) is 2.67. The minimum absolute atomic E-state index is 0.312. The zero-order chi connectivity index (χ0) is 12.6. The Morgan fingerprint density at radius 3 is 2.82 bits per heavy atom. The highest BCUT2D eigenvalue weighted by Gasteiger charge is 2.24. The topological polar surface area (TPSA) is 66.6 Å². The summed E-state index contributed by atoms with van der Waals surface area (Å²) >= 11 is 0. The number of rotatable bonds is 2. The van der Waals surface area contributed by atoms with Gasteiger partial charge >= 0.3 is 5.97 Å². The molecule has 0 spiro atoms. The van der Waals surface area contributed by atoms with E-state index in [-0.39, 0.29) is 5.56 Å². The van der Waals surface area contributed by atoms with E-state index in [1.807, 2.05) is 4.90 Å². The maximum atomic E-state index is 13.6. The first-order chi connectivity index (χ1) is 8.00. The molecule has 3 N–H and O–H groups in total. The SMILES string of the molecule is CC1CCCN1c1cc(F)c(C(=O)O)cc1N. The van der Waals surface area contributed by atoms with Crippen molar-refractivity contribution in [2.45, 2.75) is 25.8 Å². The van der Waals surface area contributed by atoms with Crippen LogP contribution in [-0.2, 0) is 0 Å². The Hall–Kier alpha value is -1.78. The van der Waals surface area contributed by atoms with Crippen molar-refractivity contribution in [3.8, 4) is 0 Å². The fraction of sp³-hybridized carbons (Fsp3) is 0.417. The van der Waals surface area contributed by atoms with Crippen LogP contribution in [0.25, 0.3) is 0 Å². The van der Waals surface area contributed by atoms with E-state index in [9.17, 15) is 9.18 Å². The number of hydrogen-bond donors (Lipinski definition) is 2. The molecule has 1 saturated heterocycles. The largest absolute Gasteiger partial charge is 0.478 e. The molecule has 4 nitrogen and oxygen atoms in total. The average molecular weight is 238 g/mol. The number of aromatic carboxylic acids is 1. The molecule has 1 fully saturated rings. The minimum Gasteiger partial charge on any atom is -0.478 e. The number of benzene rings is 1. The molecule has 0 bridgehead atoms. The van der Waals surface area contributed by atoms with Crippen LogP contribution >= 0.6 is 0 Å². The zero-order valence-electron chi connectivity index (χ0n) is 9.61. The van der Waals surface area contributed by atoms with Crippen LogP contribution in [0.3, 0.4) is 0 Å². The second kappa shape index (κ2) is 4.24. The molecule has 0 amide bonds. The lowest BCUT2D eigenvalue weighted by Gasteiger charge is -2.25. The van der Waals surface area contributed by atoms with E-state index >= 15 is 0 Å². The van der Waals surface area contributed by atoms with Gasteiger partial charge in [-0.15, -0.1) is 0 Å². The maximum absolute atomic E-state index is 13.6. The fourth-order valence-electron chi connectivity index (χ4n) is 2.28. The number of nitrogens with two attached hydrogens (primary N) is 1. The van der Waals surface area contributed by atoms with E-state index in [2.05, 4.69) is 6.92 Å². The first-order valence-corrected chi connectivity index (χ1v) is 5.59. The van der Waals surface area contributed by atoms with Crippen LogP contribution in [0.5, 0.6) is 0 Å². The first-order valence-electron chi connectivity index (χ1n) is 5.59. The molecular formula is C12H15FN2O2. The van der Waals surface area contributed by atoms with Gasteiger partial charge in [0.05, 0.1) is 16.9 Å². The van der Waals surface area contributed by atoms with Gasteiger partial charge < -0.3 is 15.7 Å². The van der Waals surface area contributed by atoms with Crippen LogP contribution in [0.2, 0.25) is 0 Å². The summed E-state index contributed by atoms with van der Waals surface area (Å²) in [6, 6.07) is 2.73. The van der Waals surface area contributed by atoms with Crippen LogP contribution in [0.15, 0.2) is 12.1 Å². The number of carboxylic acids is 1. The van der Waals surface area contributed by atoms with Crippen LogP contribution in [0.1, 0.15) is 30.1 Å². The van der Waals surface area contributed by atoms with Crippen molar-refractivity contribution in [3.05, 3.63) is 23.5 Å². The van der Waals surface area contributed by atoms with Gasteiger partial charge in [0, 0.05) is 18.7 Å². The van der Waals surface area contributed by atoms with Crippen molar-refractivity contribution in [2.24, 2.45) is 0 Å². The Morgan fingerprint density at radius 2 is 2.29 bits per heavy atom. The second-order valence-corrected chi connectivity index (χ2v) is 4.38. The summed E-state index contributed by atoms with van der Waals surface area (Å²) < 4.78 is 13.6. The van der Waals surface area contributed by atoms with Gasteiger partial charge in [0.1, 0.15) is 5.82 Å². The minimum atomic E-state index is -1.30. The van der Waals surface area contributed by atoms with E-state index in [1.165, 1.54) is 12.1 Å². The highest BCUT2D eigenvalue weighted by molar-refractivity contribution is 5.91. The molecule has 1 aliphatic rings. The first kappa shape index (κ1) is 11.7. The summed E-state index contributed by atoms with van der Waals surface area (Å²) in [5.74, 6) is -2.03. The van der Waals surface area contributed by atoms with Gasteiger partial charge in [0.2, 0.25) is 0 Å². The summed E-state index contributed by atoms with van der Waals surface area (Å²) in [4.78, 5) is 12.8. The predicted molar refractivity (Wildman–Crippen MR) is 63.8 cm³/mol. The molecule has 17 heavy (non-hydrogen) atoms. The van der Waals surface area contributed by atoms with E-state index < -0.39 is 11.8 Å². The zero-order valence-corrected chi connectivity index (χ0v) is 9.61. The van der Waals surface area contributed by atoms with Gasteiger partial charge in [-0.2, -0.15) is 0 Å². The molecule has 0 aliphatic carbocycles. The van der Waals surface area contributed by atoms with E-state index in [4.69, 9.17) is 10.8 Å². The Labute approximate surface area is 98.8 Å². The molecule has 1 aromatic rings. The van der Waals surface area contributed by atoms with Crippen molar-refractivity contribution < 1.29 is 14.3 Å². The third kappa shape index (κ3) is 2.05. The van der Waals surface area contributed by atoms with Crippen LogP contribution in [-0.4, -0.2) is 23.7 Å². The molecule has 1 aliphatic heterocycles. The molecule has 5 heteroatoms. The number of nitrogens with zero attached hydrogens (tertiary/aromatic N) is 1. The van der Waals surface area contributed by atoms with E-state index in [0.29, 0.717) is 17.4 Å². The van der Waals surface area contributed by atoms with Gasteiger partial charge in [-0.25, -0.2) is 9.18 Å². The summed E-state index contributed by atoms with van der Waals surface area (Å²) in [6.45, 7) is 2.88. The molecule has 0 radical (unpaired) electrons. The molecule has 92 valence electrons. The van der Waals surface area contributed by atoms with Crippen LogP contribution in [0, 0.1) is 5.82 Å². The Morgan fingerprint density at radius 1 is 1.59 bits per heavy atom. The Kier molecular flexibility index (Phi) is 2.92. The van der Waals surface area contributed by atoms with E-state index in [1.54, 1.807) is 0 Å². The van der Waals surface area contributed by atoms with Gasteiger partial charge in [0.15, 0.2) is 0 Å². The standard InChI is InChI=1S/C12H15FN2O2/c1-7-3-2-4-15(7)11-6-9(13)8(12(16)17)5-10(11)14/h5-7H,2-4,14H2,1H3,(H,16,17). The molecule has 0 aromatic heterocycles. The fourth-order valence-corrected chi connectivity index (χ4v) is 2.28. The summed E-state index contributed by atoms with van der Waals surface area (Å²) in [5.41, 5.74) is 6.33. The number of hydrogen-bond acceptors (Lipinski definition) is 3. The molecule has 1 heterocycles. The molecule has 1 atom stereocenters. The smallest absolute Gasteiger partial charge is 0.338 e. The lowest BCUT2D eigenvalue weighted by molar-refractivity contribution is 0.0692. The predicted octanol–water partition coefficient (Wildman–Crippen LogP) is 2.09. The van der Waals surface area contributed by atoms with Gasteiger partial charge in [-0.1, -0.05) is 0 Å². The van der Waals surface area contributed by atoms with Crippen LogP contribution < -0.4 is 10.6 Å². The lowest BCUT2D eigenvalue weighted by Crippen LogP contribution is -2.27. The third-order valence-corrected chi connectivity index (χ3v) is 3.21. The van der Waals surface area contributed by atoms with Gasteiger partial charge in [-0.3, -0.25) is 0 Å². The van der Waals surface area contributed by atoms with Crippen molar-refractivity contribution >= 4 is 17.3 Å². The maximum Gasteiger partial charge on any atom is 0.338 e. The Bertz CT molecular complexity index is 462. The van der Waals surface area contributed by atoms with Crippen molar-refractivity contribution in [1.29, 1.82) is 0 Å². The molecule has 1 unspecified atom stereocenters. The summed E-state index contributed by atoms with van der Waals surface area (Å²) in [7, 11) is 0. The summed E-state index contributed by atoms with van der Waals surface area (Å²) in [5, 5.41) is 8.79. The Balaban J connectivity index is 2.42. The van der Waals surface area contributed by atoms with Crippen molar-refractivity contribution in [1.82, 2.24) is 0 Å². The third-order valence-electron chi connectivity index (χ3n) is 3.21. The highest BCUT2D eigenvalue weighted by atomic mass is 19.1. The van der Waals surface area contributed by atoms with Crippen molar-refractivity contribution in [2.75, 3.05) is 17.2 Å². The highest BCUT2D eigenvalue weighted by Crippen LogP contribution is 2.32. The number of halogens is 1. The number of nitrogen functional groups attached to an aromatic ring is 1. The van der Waals surface area contributed by atoms with Gasteiger partial charge in [0.25, 0.3) is 0 Å². The molecule has 1 aromatic carbocycles. The lowest BCUT2D eigenvalue weighted by atomic mass is 10.1.